The molecule has 1 aliphatic heterocycles. The Balaban J connectivity index is 1.77. The van der Waals surface area contributed by atoms with Crippen molar-refractivity contribution in [3.05, 3.63) is 11.8 Å². The summed E-state index contributed by atoms with van der Waals surface area (Å²) in [6.07, 6.45) is 4.05. The average molecular weight is 235 g/mol. The minimum atomic E-state index is 0.338. The third kappa shape index (κ3) is 3.85. The summed E-state index contributed by atoms with van der Waals surface area (Å²) in [7, 11) is 0. The lowest BCUT2D eigenvalue weighted by molar-refractivity contribution is 0.237. The summed E-state index contributed by atoms with van der Waals surface area (Å²) in [6.45, 7) is 6.37. The molecule has 2 heterocycles. The van der Waals surface area contributed by atoms with Crippen molar-refractivity contribution in [1.82, 2.24) is 14.9 Å². The molecule has 1 aliphatic rings. The first-order chi connectivity index (χ1) is 8.24. The molecule has 0 atom stereocenters. The molecule has 1 aromatic heterocycles. The zero-order chi connectivity index (χ0) is 12.1. The molecule has 0 spiro atoms. The van der Waals surface area contributed by atoms with Crippen LogP contribution in [0.2, 0.25) is 0 Å². The van der Waals surface area contributed by atoms with Crippen molar-refractivity contribution < 1.29 is 0 Å². The maximum absolute atomic E-state index is 5.60. The van der Waals surface area contributed by atoms with Crippen molar-refractivity contribution in [2.24, 2.45) is 0 Å². The van der Waals surface area contributed by atoms with E-state index in [-0.39, 0.29) is 0 Å². The molecular formula is C12H21N5. The average Bonchev–Trinajstić information content (AvgIpc) is 2.29. The quantitative estimate of drug-likeness (QED) is 0.822. The number of nitrogens with zero attached hydrogens (tertiary/aromatic N) is 3. The van der Waals surface area contributed by atoms with Gasteiger partial charge in [-0.1, -0.05) is 6.42 Å². The van der Waals surface area contributed by atoms with Crippen LogP contribution >= 0.6 is 0 Å². The van der Waals surface area contributed by atoms with E-state index in [2.05, 4.69) is 20.2 Å². The Morgan fingerprint density at radius 3 is 2.76 bits per heavy atom. The molecule has 0 saturated carbocycles. The number of nitrogens with two attached hydrogens (primary N) is 1. The van der Waals surface area contributed by atoms with Crippen LogP contribution in [0.15, 0.2) is 6.07 Å². The predicted molar refractivity (Wildman–Crippen MR) is 70.0 cm³/mol. The van der Waals surface area contributed by atoms with Gasteiger partial charge in [0.1, 0.15) is 5.82 Å². The first-order valence-electron chi connectivity index (χ1n) is 6.31. The third-order valence-electron chi connectivity index (χ3n) is 3.05. The largest absolute Gasteiger partial charge is 0.369 e. The summed E-state index contributed by atoms with van der Waals surface area (Å²) in [4.78, 5) is 10.7. The maximum Gasteiger partial charge on any atom is 0.222 e. The van der Waals surface area contributed by atoms with Crippen LogP contribution in [-0.4, -0.2) is 41.0 Å². The van der Waals surface area contributed by atoms with Crippen LogP contribution in [0.3, 0.4) is 0 Å². The molecule has 1 fully saturated rings. The molecule has 0 aliphatic carbocycles. The Labute approximate surface area is 102 Å². The van der Waals surface area contributed by atoms with Crippen molar-refractivity contribution in [1.29, 1.82) is 0 Å². The molecule has 0 amide bonds. The van der Waals surface area contributed by atoms with Crippen molar-refractivity contribution >= 4 is 11.8 Å². The molecule has 2 rings (SSSR count). The maximum atomic E-state index is 5.60. The normalized spacial score (nSPS) is 17.0. The predicted octanol–water partition coefficient (Wildman–Crippen LogP) is 1.27. The summed E-state index contributed by atoms with van der Waals surface area (Å²) in [5.41, 5.74) is 6.50. The third-order valence-corrected chi connectivity index (χ3v) is 3.05. The van der Waals surface area contributed by atoms with Gasteiger partial charge in [-0.3, -0.25) is 0 Å². The first-order valence-corrected chi connectivity index (χ1v) is 6.31. The fourth-order valence-corrected chi connectivity index (χ4v) is 2.21. The van der Waals surface area contributed by atoms with Gasteiger partial charge >= 0.3 is 0 Å². The highest BCUT2D eigenvalue weighted by molar-refractivity contribution is 5.40. The van der Waals surface area contributed by atoms with E-state index in [0.717, 1.165) is 24.6 Å². The van der Waals surface area contributed by atoms with E-state index in [1.165, 1.54) is 32.4 Å². The van der Waals surface area contributed by atoms with Crippen LogP contribution in [-0.2, 0) is 0 Å². The van der Waals surface area contributed by atoms with E-state index in [1.807, 2.05) is 13.0 Å². The Bertz CT molecular complexity index is 340. The van der Waals surface area contributed by atoms with E-state index < -0.39 is 0 Å². The first kappa shape index (κ1) is 12.1. The molecule has 0 unspecified atom stereocenters. The van der Waals surface area contributed by atoms with Gasteiger partial charge in [0, 0.05) is 24.8 Å². The summed E-state index contributed by atoms with van der Waals surface area (Å²) < 4.78 is 0. The highest BCUT2D eigenvalue weighted by Crippen LogP contribution is 2.09. The van der Waals surface area contributed by atoms with E-state index in [0.29, 0.717) is 5.95 Å². The van der Waals surface area contributed by atoms with Gasteiger partial charge in [0.25, 0.3) is 0 Å². The molecule has 3 N–H and O–H groups in total. The van der Waals surface area contributed by atoms with E-state index in [4.69, 9.17) is 5.73 Å². The topological polar surface area (TPSA) is 67.1 Å². The number of aryl methyl sites for hydroxylation is 1. The van der Waals surface area contributed by atoms with E-state index in [9.17, 15) is 0 Å². The molecule has 1 saturated heterocycles. The van der Waals surface area contributed by atoms with Crippen molar-refractivity contribution in [3.63, 3.8) is 0 Å². The van der Waals surface area contributed by atoms with Gasteiger partial charge in [-0.25, -0.2) is 4.98 Å². The fourth-order valence-electron chi connectivity index (χ4n) is 2.21. The second-order valence-electron chi connectivity index (χ2n) is 4.58. The molecule has 5 nitrogen and oxygen atoms in total. The Hall–Kier alpha value is -1.36. The van der Waals surface area contributed by atoms with Gasteiger partial charge in [-0.2, -0.15) is 4.98 Å². The molecule has 0 radical (unpaired) electrons. The second-order valence-corrected chi connectivity index (χ2v) is 4.58. The number of anilines is 2. The van der Waals surface area contributed by atoms with Gasteiger partial charge in [0.15, 0.2) is 0 Å². The van der Waals surface area contributed by atoms with Gasteiger partial charge in [-0.15, -0.1) is 0 Å². The minimum absolute atomic E-state index is 0.338. The lowest BCUT2D eigenvalue weighted by Crippen LogP contribution is -2.33. The number of piperidine rings is 1. The highest BCUT2D eigenvalue weighted by atomic mass is 15.2. The fraction of sp³-hybridized carbons (Fsp3) is 0.667. The SMILES string of the molecule is Cc1cc(NCCN2CCCCC2)nc(N)n1. The second kappa shape index (κ2) is 5.82. The minimum Gasteiger partial charge on any atom is -0.369 e. The summed E-state index contributed by atoms with van der Waals surface area (Å²) in [6, 6.07) is 1.92. The molecule has 5 heteroatoms. The van der Waals surface area contributed by atoms with Gasteiger partial charge in [-0.05, 0) is 32.9 Å². The molecule has 94 valence electrons. The molecule has 0 aromatic carbocycles. The van der Waals surface area contributed by atoms with Crippen molar-refractivity contribution in [2.75, 3.05) is 37.2 Å². The van der Waals surface area contributed by atoms with Crippen LogP contribution in [0.1, 0.15) is 25.0 Å². The summed E-state index contributed by atoms with van der Waals surface area (Å²) >= 11 is 0. The lowest BCUT2D eigenvalue weighted by Gasteiger charge is -2.26. The lowest BCUT2D eigenvalue weighted by atomic mass is 10.1. The Morgan fingerprint density at radius 2 is 2.06 bits per heavy atom. The number of nitrogens with one attached hydrogen (secondary N) is 1. The number of rotatable bonds is 4. The molecule has 17 heavy (non-hydrogen) atoms. The van der Waals surface area contributed by atoms with Crippen LogP contribution < -0.4 is 11.1 Å². The highest BCUT2D eigenvalue weighted by Gasteiger charge is 2.09. The standard InChI is InChI=1S/C12H21N5/c1-10-9-11(16-12(13)15-10)14-5-8-17-6-3-2-4-7-17/h9H,2-8H2,1H3,(H3,13,14,15,16). The van der Waals surface area contributed by atoms with E-state index >= 15 is 0 Å². The van der Waals surface area contributed by atoms with Gasteiger partial charge in [0.2, 0.25) is 5.95 Å². The zero-order valence-electron chi connectivity index (χ0n) is 10.4. The number of aromatic nitrogens is 2. The van der Waals surface area contributed by atoms with E-state index in [1.54, 1.807) is 0 Å². The number of hydrogen-bond donors (Lipinski definition) is 2. The number of hydrogen-bond acceptors (Lipinski definition) is 5. The zero-order valence-corrected chi connectivity index (χ0v) is 10.4. The molecule has 1 aromatic rings. The smallest absolute Gasteiger partial charge is 0.222 e. The Morgan fingerprint density at radius 1 is 1.29 bits per heavy atom. The van der Waals surface area contributed by atoms with Crippen LogP contribution in [0.5, 0.6) is 0 Å². The Kier molecular flexibility index (Phi) is 4.14. The summed E-state index contributed by atoms with van der Waals surface area (Å²) in [5, 5.41) is 3.30. The van der Waals surface area contributed by atoms with Crippen LogP contribution in [0.25, 0.3) is 0 Å². The molecular weight excluding hydrogens is 214 g/mol. The number of likely N-dealkylation sites (tertiary alicyclic amines) is 1. The van der Waals surface area contributed by atoms with Crippen molar-refractivity contribution in [2.45, 2.75) is 26.2 Å². The van der Waals surface area contributed by atoms with Crippen LogP contribution in [0, 0.1) is 6.92 Å². The van der Waals surface area contributed by atoms with Gasteiger partial charge in [0.05, 0.1) is 0 Å². The van der Waals surface area contributed by atoms with Gasteiger partial charge < -0.3 is 16.0 Å². The monoisotopic (exact) mass is 235 g/mol. The van der Waals surface area contributed by atoms with Crippen molar-refractivity contribution in [3.8, 4) is 0 Å². The number of nitrogen functional groups attached to an aromatic ring is 1. The molecule has 0 bridgehead atoms. The summed E-state index contributed by atoms with van der Waals surface area (Å²) in [5.74, 6) is 1.16. The van der Waals surface area contributed by atoms with Crippen LogP contribution in [0.4, 0.5) is 11.8 Å².